The predicted octanol–water partition coefficient (Wildman–Crippen LogP) is 3.32. The SMILES string of the molecule is O=C(c1ccnc(Nc2ccc(F)cc2)n1)N1CCN(Cc2ccccc2)CC1. The van der Waals surface area contributed by atoms with Crippen LogP contribution >= 0.6 is 0 Å². The van der Waals surface area contributed by atoms with Crippen LogP contribution in [0.3, 0.4) is 0 Å². The Morgan fingerprint density at radius 3 is 2.41 bits per heavy atom. The molecule has 0 radical (unpaired) electrons. The summed E-state index contributed by atoms with van der Waals surface area (Å²) in [5.41, 5.74) is 2.28. The molecular weight excluding hydrogens is 369 g/mol. The summed E-state index contributed by atoms with van der Waals surface area (Å²) in [5, 5.41) is 3.00. The molecule has 0 spiro atoms. The highest BCUT2D eigenvalue weighted by Crippen LogP contribution is 2.15. The van der Waals surface area contributed by atoms with Crippen molar-refractivity contribution in [1.29, 1.82) is 0 Å². The minimum absolute atomic E-state index is 0.103. The lowest BCUT2D eigenvalue weighted by molar-refractivity contribution is 0.0622. The summed E-state index contributed by atoms with van der Waals surface area (Å²) < 4.78 is 13.0. The third kappa shape index (κ3) is 4.94. The molecule has 0 aliphatic carbocycles. The van der Waals surface area contributed by atoms with Gasteiger partial charge in [-0.15, -0.1) is 0 Å². The summed E-state index contributed by atoms with van der Waals surface area (Å²) in [5.74, 6) is -0.106. The molecule has 0 bridgehead atoms. The molecule has 3 aromatic rings. The molecular formula is C22H22FN5O. The molecule has 1 aliphatic heterocycles. The average molecular weight is 391 g/mol. The van der Waals surface area contributed by atoms with Gasteiger partial charge < -0.3 is 10.2 Å². The van der Waals surface area contributed by atoms with E-state index in [1.165, 1.54) is 17.7 Å². The Balaban J connectivity index is 1.35. The van der Waals surface area contributed by atoms with E-state index in [0.717, 1.165) is 19.6 Å². The van der Waals surface area contributed by atoms with Crippen LogP contribution in [0.15, 0.2) is 66.9 Å². The number of hydrogen-bond acceptors (Lipinski definition) is 5. The largest absolute Gasteiger partial charge is 0.335 e. The molecule has 1 N–H and O–H groups in total. The number of carbonyl (C=O) groups excluding carboxylic acids is 1. The molecule has 1 amide bonds. The van der Waals surface area contributed by atoms with Crippen molar-refractivity contribution in [2.45, 2.75) is 6.54 Å². The van der Waals surface area contributed by atoms with Crippen molar-refractivity contribution >= 4 is 17.5 Å². The minimum Gasteiger partial charge on any atom is -0.335 e. The Morgan fingerprint density at radius 1 is 0.966 bits per heavy atom. The number of anilines is 2. The smallest absolute Gasteiger partial charge is 0.272 e. The summed E-state index contributed by atoms with van der Waals surface area (Å²) in [4.78, 5) is 25.5. The second kappa shape index (κ2) is 8.79. The summed E-state index contributed by atoms with van der Waals surface area (Å²) in [7, 11) is 0. The molecule has 7 heteroatoms. The first-order valence-electron chi connectivity index (χ1n) is 9.58. The van der Waals surface area contributed by atoms with Gasteiger partial charge in [-0.25, -0.2) is 14.4 Å². The fourth-order valence-electron chi connectivity index (χ4n) is 3.31. The number of nitrogens with zero attached hydrogens (tertiary/aromatic N) is 4. The van der Waals surface area contributed by atoms with Crippen LogP contribution in [0.25, 0.3) is 0 Å². The molecule has 1 saturated heterocycles. The van der Waals surface area contributed by atoms with Crippen LogP contribution in [0.1, 0.15) is 16.1 Å². The van der Waals surface area contributed by atoms with E-state index in [1.807, 2.05) is 23.1 Å². The van der Waals surface area contributed by atoms with Crippen LogP contribution in [0.5, 0.6) is 0 Å². The first-order valence-corrected chi connectivity index (χ1v) is 9.58. The number of piperazine rings is 1. The number of aromatic nitrogens is 2. The molecule has 1 aromatic heterocycles. The fraction of sp³-hybridized carbons (Fsp3) is 0.227. The van der Waals surface area contributed by atoms with Crippen molar-refractivity contribution in [3.8, 4) is 0 Å². The molecule has 0 atom stereocenters. The zero-order valence-electron chi connectivity index (χ0n) is 16.0. The predicted molar refractivity (Wildman–Crippen MR) is 109 cm³/mol. The van der Waals surface area contributed by atoms with Gasteiger partial charge in [-0.05, 0) is 35.9 Å². The minimum atomic E-state index is -0.313. The second-order valence-corrected chi connectivity index (χ2v) is 6.95. The molecule has 0 unspecified atom stereocenters. The highest BCUT2D eigenvalue weighted by atomic mass is 19.1. The number of halogens is 1. The standard InChI is InChI=1S/C22H22FN5O/c23-18-6-8-19(9-7-18)25-22-24-11-10-20(26-22)21(29)28-14-12-27(13-15-28)16-17-4-2-1-3-5-17/h1-11H,12-16H2,(H,24,25,26). The Bertz CT molecular complexity index is 956. The lowest BCUT2D eigenvalue weighted by atomic mass is 10.2. The normalized spacial score (nSPS) is 14.6. The Labute approximate surface area is 169 Å². The van der Waals surface area contributed by atoms with Crippen molar-refractivity contribution in [2.75, 3.05) is 31.5 Å². The monoisotopic (exact) mass is 391 g/mol. The van der Waals surface area contributed by atoms with E-state index < -0.39 is 0 Å². The average Bonchev–Trinajstić information content (AvgIpc) is 2.76. The van der Waals surface area contributed by atoms with Crippen molar-refractivity contribution in [1.82, 2.24) is 19.8 Å². The summed E-state index contributed by atoms with van der Waals surface area (Å²) in [6.45, 7) is 3.87. The topological polar surface area (TPSA) is 61.4 Å². The van der Waals surface area contributed by atoms with Gasteiger partial charge in [-0.1, -0.05) is 30.3 Å². The number of amides is 1. The van der Waals surface area contributed by atoms with Crippen LogP contribution in [-0.2, 0) is 6.54 Å². The van der Waals surface area contributed by atoms with Crippen LogP contribution in [0, 0.1) is 5.82 Å². The Kier molecular flexibility index (Phi) is 5.76. The van der Waals surface area contributed by atoms with Gasteiger partial charge in [0.15, 0.2) is 0 Å². The van der Waals surface area contributed by atoms with E-state index in [1.54, 1.807) is 24.4 Å². The first kappa shape index (κ1) is 19.0. The lowest BCUT2D eigenvalue weighted by Crippen LogP contribution is -2.48. The number of rotatable bonds is 5. The molecule has 148 valence electrons. The lowest BCUT2D eigenvalue weighted by Gasteiger charge is -2.34. The Hall–Kier alpha value is -3.32. The van der Waals surface area contributed by atoms with Crippen molar-refractivity contribution in [2.24, 2.45) is 0 Å². The molecule has 6 nitrogen and oxygen atoms in total. The highest BCUT2D eigenvalue weighted by Gasteiger charge is 2.23. The number of benzene rings is 2. The van der Waals surface area contributed by atoms with Crippen molar-refractivity contribution in [3.05, 3.63) is 83.9 Å². The van der Waals surface area contributed by atoms with Crippen LogP contribution in [0.2, 0.25) is 0 Å². The molecule has 0 saturated carbocycles. The highest BCUT2D eigenvalue weighted by molar-refractivity contribution is 5.92. The van der Waals surface area contributed by atoms with Gasteiger partial charge in [-0.3, -0.25) is 9.69 Å². The molecule has 1 aliphatic rings. The van der Waals surface area contributed by atoms with Gasteiger partial charge in [0.2, 0.25) is 5.95 Å². The van der Waals surface area contributed by atoms with Gasteiger partial charge in [-0.2, -0.15) is 0 Å². The van der Waals surface area contributed by atoms with Gasteiger partial charge >= 0.3 is 0 Å². The van der Waals surface area contributed by atoms with Gasteiger partial charge in [0.1, 0.15) is 11.5 Å². The molecule has 2 aromatic carbocycles. The van der Waals surface area contributed by atoms with Crippen LogP contribution in [-0.4, -0.2) is 51.9 Å². The van der Waals surface area contributed by atoms with Crippen molar-refractivity contribution < 1.29 is 9.18 Å². The van der Waals surface area contributed by atoms with Gasteiger partial charge in [0, 0.05) is 44.6 Å². The second-order valence-electron chi connectivity index (χ2n) is 6.95. The van der Waals surface area contributed by atoms with Gasteiger partial charge in [0.05, 0.1) is 0 Å². The third-order valence-corrected chi connectivity index (χ3v) is 4.88. The number of nitrogens with one attached hydrogen (secondary N) is 1. The number of hydrogen-bond donors (Lipinski definition) is 1. The van der Waals surface area contributed by atoms with E-state index >= 15 is 0 Å². The summed E-state index contributed by atoms with van der Waals surface area (Å²) in [6.07, 6.45) is 1.55. The molecule has 1 fully saturated rings. The van der Waals surface area contributed by atoms with E-state index in [-0.39, 0.29) is 11.7 Å². The fourth-order valence-corrected chi connectivity index (χ4v) is 3.31. The van der Waals surface area contributed by atoms with E-state index in [9.17, 15) is 9.18 Å². The van der Waals surface area contributed by atoms with Crippen LogP contribution in [0.4, 0.5) is 16.0 Å². The Morgan fingerprint density at radius 2 is 1.69 bits per heavy atom. The summed E-state index contributed by atoms with van der Waals surface area (Å²) >= 11 is 0. The zero-order chi connectivity index (χ0) is 20.1. The van der Waals surface area contributed by atoms with Crippen molar-refractivity contribution in [3.63, 3.8) is 0 Å². The molecule has 2 heterocycles. The zero-order valence-corrected chi connectivity index (χ0v) is 16.0. The quantitative estimate of drug-likeness (QED) is 0.723. The van der Waals surface area contributed by atoms with E-state index in [0.29, 0.717) is 30.4 Å². The van der Waals surface area contributed by atoms with E-state index in [4.69, 9.17) is 0 Å². The number of carbonyl (C=O) groups is 1. The maximum atomic E-state index is 13.0. The third-order valence-electron chi connectivity index (χ3n) is 4.88. The molecule has 29 heavy (non-hydrogen) atoms. The van der Waals surface area contributed by atoms with E-state index in [2.05, 4.69) is 32.3 Å². The summed E-state index contributed by atoms with van der Waals surface area (Å²) in [6, 6.07) is 17.9. The van der Waals surface area contributed by atoms with Gasteiger partial charge in [0.25, 0.3) is 5.91 Å². The first-order chi connectivity index (χ1) is 14.2. The maximum absolute atomic E-state index is 13.0. The maximum Gasteiger partial charge on any atom is 0.272 e. The van der Waals surface area contributed by atoms with Crippen LogP contribution < -0.4 is 5.32 Å². The molecule has 4 rings (SSSR count).